The van der Waals surface area contributed by atoms with Gasteiger partial charge in [-0.3, -0.25) is 0 Å². The van der Waals surface area contributed by atoms with Crippen molar-refractivity contribution in [2.75, 3.05) is 0 Å². The summed E-state index contributed by atoms with van der Waals surface area (Å²) in [5.41, 5.74) is -0.668. The molecule has 1 saturated heterocycles. The summed E-state index contributed by atoms with van der Waals surface area (Å²) >= 11 is 0. The van der Waals surface area contributed by atoms with Crippen LogP contribution in [-0.2, 0) is 4.74 Å². The van der Waals surface area contributed by atoms with E-state index in [1.807, 2.05) is 27.7 Å². The van der Waals surface area contributed by atoms with E-state index in [9.17, 15) is 4.39 Å². The number of halogens is 1. The molecule has 0 bridgehead atoms. The highest BCUT2D eigenvalue weighted by atomic mass is 19.1. The van der Waals surface area contributed by atoms with E-state index in [0.29, 0.717) is 0 Å². The van der Waals surface area contributed by atoms with Gasteiger partial charge in [0.1, 0.15) is 11.7 Å². The van der Waals surface area contributed by atoms with Gasteiger partial charge in [-0.25, -0.2) is 4.98 Å². The molecule has 1 aromatic heterocycles. The Labute approximate surface area is 101 Å². The van der Waals surface area contributed by atoms with Crippen LogP contribution in [0.4, 0.5) is 4.39 Å². The number of aromatic nitrogens is 1. The van der Waals surface area contributed by atoms with Gasteiger partial charge in [0, 0.05) is 12.6 Å². The third-order valence-corrected chi connectivity index (χ3v) is 2.99. The Morgan fingerprint density at radius 1 is 1.41 bits per heavy atom. The van der Waals surface area contributed by atoms with Gasteiger partial charge in [0.15, 0.2) is 5.75 Å². The van der Waals surface area contributed by atoms with Gasteiger partial charge in [-0.05, 0) is 39.8 Å². The monoisotopic (exact) mass is 239 g/mol. The number of hydrogen-bond acceptors (Lipinski definition) is 3. The van der Waals surface area contributed by atoms with Crippen molar-refractivity contribution in [2.45, 2.75) is 51.4 Å². The number of nitrogens with zero attached hydrogens (tertiary/aromatic N) is 1. The third-order valence-electron chi connectivity index (χ3n) is 2.99. The lowest BCUT2D eigenvalue weighted by Gasteiger charge is -2.27. The third kappa shape index (κ3) is 2.57. The summed E-state index contributed by atoms with van der Waals surface area (Å²) in [5.74, 6) is -0.389. The van der Waals surface area contributed by atoms with Crippen LogP contribution in [-0.4, -0.2) is 22.3 Å². The smallest absolute Gasteiger partial charge is 0.255 e. The van der Waals surface area contributed by atoms with Gasteiger partial charge in [-0.2, -0.15) is 4.39 Å². The quantitative estimate of drug-likeness (QED) is 0.743. The maximum Gasteiger partial charge on any atom is 0.255 e. The number of hydrogen-bond donors (Lipinski definition) is 0. The van der Waals surface area contributed by atoms with E-state index < -0.39 is 11.5 Å². The van der Waals surface area contributed by atoms with Gasteiger partial charge in [0.2, 0.25) is 0 Å². The number of rotatable bonds is 2. The van der Waals surface area contributed by atoms with Gasteiger partial charge < -0.3 is 9.47 Å². The highest BCUT2D eigenvalue weighted by Crippen LogP contribution is 2.39. The highest BCUT2D eigenvalue weighted by molar-refractivity contribution is 5.19. The maximum atomic E-state index is 13.4. The average molecular weight is 239 g/mol. The Morgan fingerprint density at radius 2 is 2.12 bits per heavy atom. The maximum absolute atomic E-state index is 13.4. The molecule has 0 aliphatic carbocycles. The van der Waals surface area contributed by atoms with E-state index in [4.69, 9.17) is 9.47 Å². The molecule has 3 nitrogen and oxygen atoms in total. The molecule has 1 aromatic rings. The normalized spacial score (nSPS) is 25.8. The van der Waals surface area contributed by atoms with Crippen LogP contribution in [0.15, 0.2) is 18.3 Å². The van der Waals surface area contributed by atoms with Gasteiger partial charge in [0.05, 0.1) is 5.60 Å². The Balaban J connectivity index is 2.17. The van der Waals surface area contributed by atoms with E-state index in [-0.39, 0.29) is 17.5 Å². The van der Waals surface area contributed by atoms with Crippen molar-refractivity contribution in [3.05, 3.63) is 24.3 Å². The van der Waals surface area contributed by atoms with Crippen molar-refractivity contribution < 1.29 is 13.9 Å². The zero-order valence-corrected chi connectivity index (χ0v) is 10.7. The Bertz CT molecular complexity index is 418. The van der Waals surface area contributed by atoms with Crippen molar-refractivity contribution >= 4 is 0 Å². The minimum Gasteiger partial charge on any atom is -0.483 e. The molecule has 2 heterocycles. The van der Waals surface area contributed by atoms with Crippen LogP contribution in [0.3, 0.4) is 0 Å². The van der Waals surface area contributed by atoms with Crippen LogP contribution >= 0.6 is 0 Å². The zero-order chi connectivity index (χ0) is 12.7. The molecule has 0 amide bonds. The minimum atomic E-state index is -0.576. The molecule has 1 atom stereocenters. The second-order valence-electron chi connectivity index (χ2n) is 5.57. The first-order chi connectivity index (χ1) is 7.80. The second kappa shape index (κ2) is 3.95. The first kappa shape index (κ1) is 12.3. The molecule has 94 valence electrons. The highest BCUT2D eigenvalue weighted by Gasteiger charge is 2.47. The molecule has 0 aromatic carbocycles. The fraction of sp³-hybridized carbons (Fsp3) is 0.615. The summed E-state index contributed by atoms with van der Waals surface area (Å²) in [5, 5.41) is 0. The van der Waals surface area contributed by atoms with Crippen LogP contribution in [0.1, 0.15) is 34.1 Å². The fourth-order valence-corrected chi connectivity index (χ4v) is 2.31. The standard InChI is InChI=1S/C13H18FNO2/c1-12(2)8-10(13(3,4)17-12)16-9-6-5-7-15-11(9)14/h5-7,10H,8H2,1-4H3. The summed E-state index contributed by atoms with van der Waals surface area (Å²) in [4.78, 5) is 3.57. The molecule has 1 aliphatic heterocycles. The van der Waals surface area contributed by atoms with Crippen molar-refractivity contribution in [3.8, 4) is 5.75 Å². The predicted octanol–water partition coefficient (Wildman–Crippen LogP) is 2.95. The lowest BCUT2D eigenvalue weighted by molar-refractivity contribution is -0.0849. The van der Waals surface area contributed by atoms with Crippen LogP contribution in [0.5, 0.6) is 5.75 Å². The molecular weight excluding hydrogens is 221 g/mol. The predicted molar refractivity (Wildman–Crippen MR) is 62.5 cm³/mol. The summed E-state index contributed by atoms with van der Waals surface area (Å²) in [6.45, 7) is 7.94. The molecule has 17 heavy (non-hydrogen) atoms. The van der Waals surface area contributed by atoms with Crippen LogP contribution in [0.25, 0.3) is 0 Å². The van der Waals surface area contributed by atoms with E-state index >= 15 is 0 Å². The lowest BCUT2D eigenvalue weighted by atomic mass is 9.97. The SMILES string of the molecule is CC1(C)CC(Oc2cccnc2F)C(C)(C)O1. The van der Waals surface area contributed by atoms with Crippen molar-refractivity contribution in [2.24, 2.45) is 0 Å². The van der Waals surface area contributed by atoms with E-state index in [0.717, 1.165) is 6.42 Å². The van der Waals surface area contributed by atoms with E-state index in [1.165, 1.54) is 6.20 Å². The molecule has 2 rings (SSSR count). The van der Waals surface area contributed by atoms with Gasteiger partial charge >= 0.3 is 0 Å². The van der Waals surface area contributed by atoms with E-state index in [1.54, 1.807) is 12.1 Å². The summed E-state index contributed by atoms with van der Waals surface area (Å²) in [7, 11) is 0. The Kier molecular flexibility index (Phi) is 2.86. The molecule has 1 fully saturated rings. The largest absolute Gasteiger partial charge is 0.483 e. The molecule has 0 spiro atoms. The molecular formula is C13H18FNO2. The minimum absolute atomic E-state index is 0.170. The molecule has 1 unspecified atom stereocenters. The van der Waals surface area contributed by atoms with Crippen LogP contribution in [0, 0.1) is 5.95 Å². The van der Waals surface area contributed by atoms with Crippen LogP contribution in [0.2, 0.25) is 0 Å². The average Bonchev–Trinajstić information content (AvgIpc) is 2.38. The number of ether oxygens (including phenoxy) is 2. The lowest BCUT2D eigenvalue weighted by Crippen LogP contribution is -2.36. The second-order valence-corrected chi connectivity index (χ2v) is 5.57. The summed E-state index contributed by atoms with van der Waals surface area (Å²) in [6, 6.07) is 3.25. The first-order valence-electron chi connectivity index (χ1n) is 5.77. The topological polar surface area (TPSA) is 31.4 Å². The van der Waals surface area contributed by atoms with Crippen molar-refractivity contribution in [1.82, 2.24) is 4.98 Å². The molecule has 1 aliphatic rings. The molecule has 0 radical (unpaired) electrons. The fourth-order valence-electron chi connectivity index (χ4n) is 2.31. The van der Waals surface area contributed by atoms with E-state index in [2.05, 4.69) is 4.98 Å². The Hall–Kier alpha value is -1.16. The molecule has 4 heteroatoms. The zero-order valence-electron chi connectivity index (χ0n) is 10.7. The Morgan fingerprint density at radius 3 is 2.65 bits per heavy atom. The van der Waals surface area contributed by atoms with Crippen LogP contribution < -0.4 is 4.74 Å². The van der Waals surface area contributed by atoms with Gasteiger partial charge in [-0.1, -0.05) is 0 Å². The van der Waals surface area contributed by atoms with Crippen molar-refractivity contribution in [1.29, 1.82) is 0 Å². The summed E-state index contributed by atoms with van der Waals surface area (Å²) < 4.78 is 25.0. The number of pyridine rings is 1. The molecule has 0 N–H and O–H groups in total. The molecule has 0 saturated carbocycles. The summed E-state index contributed by atoms with van der Waals surface area (Å²) in [6.07, 6.45) is 1.97. The van der Waals surface area contributed by atoms with Gasteiger partial charge in [0.25, 0.3) is 5.95 Å². The van der Waals surface area contributed by atoms with Crippen molar-refractivity contribution in [3.63, 3.8) is 0 Å². The first-order valence-corrected chi connectivity index (χ1v) is 5.77. The van der Waals surface area contributed by atoms with Gasteiger partial charge in [-0.15, -0.1) is 0 Å².